The highest BCUT2D eigenvalue weighted by Gasteiger charge is 2.25. The Hall–Kier alpha value is -2.16. The average Bonchev–Trinajstić information content (AvgIpc) is 3.02. The van der Waals surface area contributed by atoms with Gasteiger partial charge in [0.1, 0.15) is 0 Å². The highest BCUT2D eigenvalue weighted by molar-refractivity contribution is 7.19. The maximum Gasteiger partial charge on any atom is 0.317 e. The third kappa shape index (κ3) is 4.94. The van der Waals surface area contributed by atoms with E-state index in [1.807, 2.05) is 12.1 Å². The molecule has 140 valence electrons. The third-order valence-corrected chi connectivity index (χ3v) is 5.35. The standard InChI is InChI=1S/C18H23N3O4S/c1-20(12-17(22)23)10-14-11-21(6-7-25-14)18(24)19-9-15-8-13-4-2-3-5-16(13)26-15/h2-5,8,14H,6-7,9-12H2,1H3,(H,19,24)(H,22,23). The molecule has 3 rings (SSSR count). The summed E-state index contributed by atoms with van der Waals surface area (Å²) >= 11 is 1.68. The van der Waals surface area contributed by atoms with Crippen molar-refractivity contribution in [3.63, 3.8) is 0 Å². The number of hydrogen-bond acceptors (Lipinski definition) is 5. The van der Waals surface area contributed by atoms with Gasteiger partial charge in [-0.15, -0.1) is 11.3 Å². The number of carbonyl (C=O) groups is 2. The molecule has 1 atom stereocenters. The van der Waals surface area contributed by atoms with Crippen molar-refractivity contribution in [3.05, 3.63) is 35.2 Å². The van der Waals surface area contributed by atoms with Crippen LogP contribution in [0.4, 0.5) is 4.79 Å². The van der Waals surface area contributed by atoms with Crippen LogP contribution < -0.4 is 5.32 Å². The summed E-state index contributed by atoms with van der Waals surface area (Å²) in [5, 5.41) is 13.0. The molecule has 1 aromatic carbocycles. The number of amides is 2. The Morgan fingerprint density at radius 1 is 1.42 bits per heavy atom. The molecule has 2 amide bonds. The first-order valence-electron chi connectivity index (χ1n) is 8.53. The van der Waals surface area contributed by atoms with Crippen molar-refractivity contribution in [2.45, 2.75) is 12.6 Å². The summed E-state index contributed by atoms with van der Waals surface area (Å²) in [5.41, 5.74) is 0. The van der Waals surface area contributed by atoms with Crippen LogP contribution in [0.1, 0.15) is 4.88 Å². The molecule has 2 heterocycles. The third-order valence-electron chi connectivity index (χ3n) is 4.24. The van der Waals surface area contributed by atoms with E-state index < -0.39 is 5.97 Å². The molecule has 1 aromatic heterocycles. The van der Waals surface area contributed by atoms with Crippen LogP contribution in [0.25, 0.3) is 10.1 Å². The number of hydrogen-bond donors (Lipinski definition) is 2. The summed E-state index contributed by atoms with van der Waals surface area (Å²) < 4.78 is 6.87. The predicted octanol–water partition coefficient (Wildman–Crippen LogP) is 1.83. The second kappa shape index (κ2) is 8.48. The normalized spacial score (nSPS) is 17.6. The number of nitrogens with zero attached hydrogens (tertiary/aromatic N) is 2. The van der Waals surface area contributed by atoms with E-state index in [0.717, 1.165) is 4.88 Å². The predicted molar refractivity (Wildman–Crippen MR) is 101 cm³/mol. The van der Waals surface area contributed by atoms with E-state index in [1.54, 1.807) is 28.2 Å². The van der Waals surface area contributed by atoms with Gasteiger partial charge in [0.2, 0.25) is 0 Å². The number of fused-ring (bicyclic) bond motifs is 1. The smallest absolute Gasteiger partial charge is 0.317 e. The van der Waals surface area contributed by atoms with E-state index in [1.165, 1.54) is 10.1 Å². The highest BCUT2D eigenvalue weighted by Crippen LogP contribution is 2.25. The van der Waals surface area contributed by atoms with Gasteiger partial charge in [0.05, 0.1) is 25.8 Å². The van der Waals surface area contributed by atoms with Crippen LogP contribution in [0.2, 0.25) is 0 Å². The summed E-state index contributed by atoms with van der Waals surface area (Å²) in [5.74, 6) is -0.874. The van der Waals surface area contributed by atoms with Crippen LogP contribution in [-0.4, -0.2) is 72.8 Å². The van der Waals surface area contributed by atoms with Crippen LogP contribution in [-0.2, 0) is 16.1 Å². The highest BCUT2D eigenvalue weighted by atomic mass is 32.1. The number of benzene rings is 1. The van der Waals surface area contributed by atoms with Gasteiger partial charge < -0.3 is 20.1 Å². The lowest BCUT2D eigenvalue weighted by Crippen LogP contribution is -2.52. The average molecular weight is 377 g/mol. The number of carbonyl (C=O) groups excluding carboxylic acids is 1. The first-order valence-corrected chi connectivity index (χ1v) is 9.35. The molecule has 1 aliphatic rings. The first-order chi connectivity index (χ1) is 12.5. The molecule has 7 nitrogen and oxygen atoms in total. The number of morpholine rings is 1. The lowest BCUT2D eigenvalue weighted by Gasteiger charge is -2.34. The molecule has 2 aromatic rings. The molecule has 0 bridgehead atoms. The topological polar surface area (TPSA) is 82.1 Å². The molecule has 26 heavy (non-hydrogen) atoms. The van der Waals surface area contributed by atoms with Gasteiger partial charge in [-0.2, -0.15) is 0 Å². The molecule has 1 fully saturated rings. The molecule has 2 N–H and O–H groups in total. The van der Waals surface area contributed by atoms with E-state index in [0.29, 0.717) is 32.8 Å². The van der Waals surface area contributed by atoms with Gasteiger partial charge in [-0.05, 0) is 24.6 Å². The number of likely N-dealkylation sites (N-methyl/N-ethyl adjacent to an activating group) is 1. The Balaban J connectivity index is 1.50. The van der Waals surface area contributed by atoms with Crippen molar-refractivity contribution in [1.82, 2.24) is 15.1 Å². The quantitative estimate of drug-likeness (QED) is 0.803. The summed E-state index contributed by atoms with van der Waals surface area (Å²) in [7, 11) is 1.73. The van der Waals surface area contributed by atoms with Gasteiger partial charge in [0.25, 0.3) is 0 Å². The van der Waals surface area contributed by atoms with Crippen LogP contribution in [0.3, 0.4) is 0 Å². The molecule has 1 aliphatic heterocycles. The molecule has 0 radical (unpaired) electrons. The van der Waals surface area contributed by atoms with Crippen LogP contribution in [0, 0.1) is 0 Å². The fourth-order valence-corrected chi connectivity index (χ4v) is 4.06. The Bertz CT molecular complexity index is 746. The number of rotatable bonds is 6. The van der Waals surface area contributed by atoms with E-state index in [-0.39, 0.29) is 18.7 Å². The lowest BCUT2D eigenvalue weighted by molar-refractivity contribution is -0.138. The van der Waals surface area contributed by atoms with Crippen molar-refractivity contribution in [1.29, 1.82) is 0 Å². The van der Waals surface area contributed by atoms with Crippen LogP contribution in [0.5, 0.6) is 0 Å². The van der Waals surface area contributed by atoms with Crippen LogP contribution in [0.15, 0.2) is 30.3 Å². The van der Waals surface area contributed by atoms with E-state index in [9.17, 15) is 9.59 Å². The largest absolute Gasteiger partial charge is 0.480 e. The number of nitrogens with one attached hydrogen (secondary N) is 1. The van der Waals surface area contributed by atoms with E-state index in [2.05, 4.69) is 23.5 Å². The zero-order chi connectivity index (χ0) is 18.5. The Morgan fingerprint density at radius 3 is 3.00 bits per heavy atom. The van der Waals surface area contributed by atoms with Gasteiger partial charge in [-0.3, -0.25) is 9.69 Å². The number of carboxylic acid groups (broad SMARTS) is 1. The minimum Gasteiger partial charge on any atom is -0.480 e. The zero-order valence-corrected chi connectivity index (χ0v) is 15.5. The summed E-state index contributed by atoms with van der Waals surface area (Å²) in [6.45, 7) is 2.39. The Morgan fingerprint density at radius 2 is 2.23 bits per heavy atom. The fraction of sp³-hybridized carbons (Fsp3) is 0.444. The summed E-state index contributed by atoms with van der Waals surface area (Å²) in [4.78, 5) is 27.7. The van der Waals surface area contributed by atoms with Crippen molar-refractivity contribution < 1.29 is 19.4 Å². The molecule has 0 saturated carbocycles. The number of thiophene rings is 1. The van der Waals surface area contributed by atoms with E-state index in [4.69, 9.17) is 9.84 Å². The molecular formula is C18H23N3O4S. The van der Waals surface area contributed by atoms with Crippen molar-refractivity contribution >= 4 is 33.4 Å². The van der Waals surface area contributed by atoms with Crippen molar-refractivity contribution in [2.75, 3.05) is 39.8 Å². The number of carboxylic acids is 1. The SMILES string of the molecule is CN(CC(=O)O)CC1CN(C(=O)NCc2cc3ccccc3s2)CCO1. The van der Waals surface area contributed by atoms with Gasteiger partial charge in [0, 0.05) is 29.2 Å². The van der Waals surface area contributed by atoms with Crippen LogP contribution >= 0.6 is 11.3 Å². The van der Waals surface area contributed by atoms with E-state index >= 15 is 0 Å². The molecule has 1 unspecified atom stereocenters. The van der Waals surface area contributed by atoms with Gasteiger partial charge >= 0.3 is 12.0 Å². The number of aliphatic carboxylic acids is 1. The Kier molecular flexibility index (Phi) is 6.08. The molecule has 0 aliphatic carbocycles. The fourth-order valence-electron chi connectivity index (χ4n) is 3.06. The van der Waals surface area contributed by atoms with Crippen molar-refractivity contribution in [2.24, 2.45) is 0 Å². The lowest BCUT2D eigenvalue weighted by atomic mass is 10.2. The van der Waals surface area contributed by atoms with Gasteiger partial charge in [-0.1, -0.05) is 18.2 Å². The van der Waals surface area contributed by atoms with Crippen molar-refractivity contribution in [3.8, 4) is 0 Å². The first kappa shape index (κ1) is 18.6. The monoisotopic (exact) mass is 377 g/mol. The molecular weight excluding hydrogens is 354 g/mol. The second-order valence-electron chi connectivity index (χ2n) is 6.44. The molecule has 0 spiro atoms. The maximum absolute atomic E-state index is 12.5. The molecule has 1 saturated heterocycles. The minimum atomic E-state index is -0.874. The Labute approximate surface area is 156 Å². The maximum atomic E-state index is 12.5. The van der Waals surface area contributed by atoms with Gasteiger partial charge in [0.15, 0.2) is 0 Å². The summed E-state index contributed by atoms with van der Waals surface area (Å²) in [6.07, 6.45) is -0.178. The number of urea groups is 1. The number of ether oxygens (including phenoxy) is 1. The minimum absolute atomic E-state index is 0.0437. The molecule has 8 heteroatoms. The van der Waals surface area contributed by atoms with Gasteiger partial charge in [-0.25, -0.2) is 4.79 Å². The zero-order valence-electron chi connectivity index (χ0n) is 14.7. The second-order valence-corrected chi connectivity index (χ2v) is 7.61. The summed E-state index contributed by atoms with van der Waals surface area (Å²) in [6, 6.07) is 10.1.